The number of pyridine rings is 1. The van der Waals surface area contributed by atoms with Crippen LogP contribution < -0.4 is 15.4 Å². The van der Waals surface area contributed by atoms with Gasteiger partial charge in [0.15, 0.2) is 11.0 Å². The molecule has 3 amide bonds. The Hall–Kier alpha value is -3.46. The van der Waals surface area contributed by atoms with E-state index in [1.165, 1.54) is 0 Å². The van der Waals surface area contributed by atoms with Crippen molar-refractivity contribution >= 4 is 39.5 Å². The molecule has 0 saturated carbocycles. The number of fused-ring (bicyclic) bond motifs is 1. The van der Waals surface area contributed by atoms with Crippen molar-refractivity contribution in [2.45, 2.75) is 30.8 Å². The molecular weight excluding hydrogens is 426 g/mol. The van der Waals surface area contributed by atoms with Gasteiger partial charge in [-0.15, -0.1) is 0 Å². The normalized spacial score (nSPS) is 14.7. The predicted molar refractivity (Wildman–Crippen MR) is 125 cm³/mol. The number of para-hydroxylation sites is 1. The molecule has 166 valence electrons. The molecule has 1 saturated heterocycles. The van der Waals surface area contributed by atoms with Crippen molar-refractivity contribution in [3.63, 3.8) is 0 Å². The molecule has 4 rings (SSSR count). The van der Waals surface area contributed by atoms with E-state index in [4.69, 9.17) is 0 Å². The minimum atomic E-state index is -1.49. The number of aromatic nitrogens is 1. The second-order valence-corrected chi connectivity index (χ2v) is 9.14. The maximum Gasteiger partial charge on any atom is 0.315 e. The summed E-state index contributed by atoms with van der Waals surface area (Å²) in [5, 5.41) is 6.54. The number of rotatable bonds is 6. The van der Waals surface area contributed by atoms with Crippen LogP contribution >= 0.6 is 0 Å². The number of benzene rings is 2. The highest BCUT2D eigenvalue weighted by Gasteiger charge is 2.32. The van der Waals surface area contributed by atoms with Crippen molar-refractivity contribution in [2.24, 2.45) is 0 Å². The van der Waals surface area contributed by atoms with Crippen molar-refractivity contribution in [1.29, 1.82) is 0 Å². The predicted octanol–water partition coefficient (Wildman–Crippen LogP) is 2.90. The van der Waals surface area contributed by atoms with Gasteiger partial charge < -0.3 is 20.3 Å². The summed E-state index contributed by atoms with van der Waals surface area (Å²) in [6, 6.07) is 16.0. The minimum absolute atomic E-state index is 0.0460. The third-order valence-corrected chi connectivity index (χ3v) is 6.21. The second kappa shape index (κ2) is 9.35. The Kier molecular flexibility index (Phi) is 6.36. The molecule has 1 aromatic heterocycles. The SMILES string of the molecule is CC(C)NC(=O)NC1CN(C(=O)c2ccc(NS(=O)c3cccc4cccnc34)cc2)C1. The maximum absolute atomic E-state index is 12.8. The van der Waals surface area contributed by atoms with Crippen LogP contribution in [0.3, 0.4) is 0 Å². The van der Waals surface area contributed by atoms with Crippen LogP contribution in [0.4, 0.5) is 10.5 Å². The van der Waals surface area contributed by atoms with Gasteiger partial charge in [-0.25, -0.2) is 9.00 Å². The van der Waals surface area contributed by atoms with Crippen LogP contribution in [-0.2, 0) is 11.0 Å². The number of anilines is 1. The van der Waals surface area contributed by atoms with Crippen molar-refractivity contribution in [3.8, 4) is 0 Å². The van der Waals surface area contributed by atoms with Gasteiger partial charge in [0.25, 0.3) is 5.91 Å². The van der Waals surface area contributed by atoms with Gasteiger partial charge in [0, 0.05) is 42.0 Å². The van der Waals surface area contributed by atoms with Gasteiger partial charge in [-0.2, -0.15) is 0 Å². The Morgan fingerprint density at radius 2 is 1.78 bits per heavy atom. The highest BCUT2D eigenvalue weighted by atomic mass is 32.2. The third kappa shape index (κ3) is 4.88. The molecule has 32 heavy (non-hydrogen) atoms. The molecule has 0 aliphatic carbocycles. The first-order valence-corrected chi connectivity index (χ1v) is 11.5. The first-order chi connectivity index (χ1) is 15.4. The first kappa shape index (κ1) is 21.8. The number of amides is 3. The molecule has 3 N–H and O–H groups in total. The van der Waals surface area contributed by atoms with Crippen LogP contribution in [-0.4, -0.2) is 51.2 Å². The van der Waals surface area contributed by atoms with E-state index in [0.717, 1.165) is 5.39 Å². The quantitative estimate of drug-likeness (QED) is 0.536. The van der Waals surface area contributed by atoms with Crippen LogP contribution in [0, 0.1) is 0 Å². The van der Waals surface area contributed by atoms with E-state index >= 15 is 0 Å². The molecule has 0 spiro atoms. The number of nitrogens with one attached hydrogen (secondary N) is 3. The highest BCUT2D eigenvalue weighted by Crippen LogP contribution is 2.22. The summed E-state index contributed by atoms with van der Waals surface area (Å²) >= 11 is 0. The lowest BCUT2D eigenvalue weighted by Crippen LogP contribution is -2.62. The molecule has 3 aromatic rings. The molecule has 8 nitrogen and oxygen atoms in total. The number of nitrogens with zero attached hydrogens (tertiary/aromatic N) is 2. The Morgan fingerprint density at radius 3 is 2.50 bits per heavy atom. The zero-order chi connectivity index (χ0) is 22.7. The van der Waals surface area contributed by atoms with E-state index in [0.29, 0.717) is 34.8 Å². The van der Waals surface area contributed by atoms with Crippen molar-refractivity contribution in [3.05, 3.63) is 66.4 Å². The third-order valence-electron chi connectivity index (χ3n) is 5.06. The van der Waals surface area contributed by atoms with Crippen LogP contribution in [0.15, 0.2) is 65.7 Å². The maximum atomic E-state index is 12.8. The lowest BCUT2D eigenvalue weighted by molar-refractivity contribution is 0.0577. The molecule has 2 heterocycles. The van der Waals surface area contributed by atoms with Crippen molar-refractivity contribution < 1.29 is 13.8 Å². The summed E-state index contributed by atoms with van der Waals surface area (Å²) in [5.41, 5.74) is 1.87. The fourth-order valence-electron chi connectivity index (χ4n) is 3.48. The average Bonchev–Trinajstić information content (AvgIpc) is 2.75. The summed E-state index contributed by atoms with van der Waals surface area (Å²) in [5.74, 6) is -0.0988. The van der Waals surface area contributed by atoms with Gasteiger partial charge in [-0.1, -0.05) is 18.2 Å². The average molecular weight is 452 g/mol. The van der Waals surface area contributed by atoms with Crippen LogP contribution in [0.2, 0.25) is 0 Å². The lowest BCUT2D eigenvalue weighted by atomic mass is 10.1. The molecule has 0 bridgehead atoms. The number of carbonyl (C=O) groups excluding carboxylic acids is 2. The lowest BCUT2D eigenvalue weighted by Gasteiger charge is -2.39. The molecule has 0 radical (unpaired) electrons. The van der Waals surface area contributed by atoms with Crippen LogP contribution in [0.25, 0.3) is 10.9 Å². The summed E-state index contributed by atoms with van der Waals surface area (Å²) < 4.78 is 15.8. The van der Waals surface area contributed by atoms with E-state index in [2.05, 4.69) is 20.3 Å². The van der Waals surface area contributed by atoms with Gasteiger partial charge >= 0.3 is 6.03 Å². The molecule has 1 aliphatic heterocycles. The minimum Gasteiger partial charge on any atom is -0.336 e. The Labute approximate surface area is 189 Å². The fraction of sp³-hybridized carbons (Fsp3) is 0.261. The number of likely N-dealkylation sites (tertiary alicyclic amines) is 1. The number of hydrogen-bond acceptors (Lipinski definition) is 4. The van der Waals surface area contributed by atoms with Gasteiger partial charge in [0.05, 0.1) is 16.5 Å². The Balaban J connectivity index is 1.34. The fourth-order valence-corrected chi connectivity index (χ4v) is 4.48. The van der Waals surface area contributed by atoms with Crippen LogP contribution in [0.5, 0.6) is 0 Å². The zero-order valence-corrected chi connectivity index (χ0v) is 18.7. The molecule has 1 unspecified atom stereocenters. The summed E-state index contributed by atoms with van der Waals surface area (Å²) in [6.07, 6.45) is 1.68. The summed E-state index contributed by atoms with van der Waals surface area (Å²) in [6.45, 7) is 4.73. The summed E-state index contributed by atoms with van der Waals surface area (Å²) in [4.78, 5) is 31.0. The molecule has 1 atom stereocenters. The van der Waals surface area contributed by atoms with Gasteiger partial charge in [-0.3, -0.25) is 9.78 Å². The second-order valence-electron chi connectivity index (χ2n) is 7.96. The molecule has 9 heteroatoms. The number of carbonyl (C=O) groups is 2. The smallest absolute Gasteiger partial charge is 0.315 e. The molecule has 2 aromatic carbocycles. The van der Waals surface area contributed by atoms with Gasteiger partial charge in [0.2, 0.25) is 0 Å². The number of urea groups is 1. The first-order valence-electron chi connectivity index (χ1n) is 10.4. The number of hydrogen-bond donors (Lipinski definition) is 3. The van der Waals surface area contributed by atoms with E-state index < -0.39 is 11.0 Å². The summed E-state index contributed by atoms with van der Waals surface area (Å²) in [7, 11) is -1.49. The van der Waals surface area contributed by atoms with E-state index in [9.17, 15) is 13.8 Å². The molecule has 1 aliphatic rings. The highest BCUT2D eigenvalue weighted by molar-refractivity contribution is 7.86. The van der Waals surface area contributed by atoms with Gasteiger partial charge in [0.1, 0.15) is 0 Å². The largest absolute Gasteiger partial charge is 0.336 e. The van der Waals surface area contributed by atoms with E-state index in [1.54, 1.807) is 41.4 Å². The van der Waals surface area contributed by atoms with Gasteiger partial charge in [-0.05, 0) is 50.2 Å². The van der Waals surface area contributed by atoms with Crippen molar-refractivity contribution in [2.75, 3.05) is 17.8 Å². The van der Waals surface area contributed by atoms with E-state index in [1.807, 2.05) is 38.1 Å². The van der Waals surface area contributed by atoms with Crippen LogP contribution in [0.1, 0.15) is 24.2 Å². The Morgan fingerprint density at radius 1 is 1.06 bits per heavy atom. The topological polar surface area (TPSA) is 103 Å². The molecule has 1 fully saturated rings. The van der Waals surface area contributed by atoms with E-state index in [-0.39, 0.29) is 24.0 Å². The Bertz CT molecular complexity index is 1150. The standard InChI is InChI=1S/C23H25N5O3S/c1-15(2)25-23(30)26-19-13-28(14-19)22(29)17-8-10-18(11-9-17)27-32(31)20-7-3-5-16-6-4-12-24-21(16)20/h3-12,15,19,27H,13-14H2,1-2H3,(H2,25,26,30). The molecular formula is C23H25N5O3S. The monoisotopic (exact) mass is 451 g/mol. The van der Waals surface area contributed by atoms with Crippen molar-refractivity contribution in [1.82, 2.24) is 20.5 Å². The zero-order valence-electron chi connectivity index (χ0n) is 17.9.